The molecule has 2 rings (SSSR count). The first-order chi connectivity index (χ1) is 11.1. The van der Waals surface area contributed by atoms with Gasteiger partial charge in [0.15, 0.2) is 6.61 Å². The first kappa shape index (κ1) is 16.3. The van der Waals surface area contributed by atoms with Gasteiger partial charge in [0.2, 0.25) is 0 Å². The highest BCUT2D eigenvalue weighted by atomic mass is 16.5. The van der Waals surface area contributed by atoms with Crippen molar-refractivity contribution in [1.29, 1.82) is 0 Å². The van der Waals surface area contributed by atoms with E-state index in [1.54, 1.807) is 18.2 Å². The molecule has 2 aromatic carbocycles. The fourth-order valence-electron chi connectivity index (χ4n) is 1.73. The smallest absolute Gasteiger partial charge is 0.276 e. The minimum absolute atomic E-state index is 0.175. The fourth-order valence-corrected chi connectivity index (χ4v) is 1.73. The Kier molecular flexibility index (Phi) is 5.94. The van der Waals surface area contributed by atoms with Crippen LogP contribution < -0.4 is 15.6 Å². The zero-order valence-corrected chi connectivity index (χ0v) is 12.8. The maximum atomic E-state index is 11.6. The third kappa shape index (κ3) is 6.05. The Bertz CT molecular complexity index is 679. The number of amides is 2. The molecule has 5 heteroatoms. The number of carbonyl (C=O) groups excluding carboxylic acids is 2. The molecular weight excluding hydrogens is 292 g/mol. The first-order valence-electron chi connectivity index (χ1n) is 7.15. The molecule has 0 atom stereocenters. The van der Waals surface area contributed by atoms with E-state index in [0.29, 0.717) is 5.75 Å². The molecule has 0 saturated heterocycles. The van der Waals surface area contributed by atoms with Gasteiger partial charge in [-0.05, 0) is 30.7 Å². The Labute approximate surface area is 134 Å². The molecule has 0 radical (unpaired) electrons. The van der Waals surface area contributed by atoms with Gasteiger partial charge in [-0.1, -0.05) is 48.0 Å². The van der Waals surface area contributed by atoms with Gasteiger partial charge in [0.05, 0.1) is 0 Å². The lowest BCUT2D eigenvalue weighted by atomic mass is 10.2. The molecule has 0 aromatic heterocycles. The number of ether oxygens (including phenoxy) is 1. The van der Waals surface area contributed by atoms with Crippen LogP contribution in [0.4, 0.5) is 0 Å². The second-order valence-electron chi connectivity index (χ2n) is 4.88. The van der Waals surface area contributed by atoms with Gasteiger partial charge in [0, 0.05) is 6.08 Å². The van der Waals surface area contributed by atoms with E-state index in [-0.39, 0.29) is 6.61 Å². The van der Waals surface area contributed by atoms with E-state index in [0.717, 1.165) is 11.1 Å². The van der Waals surface area contributed by atoms with Crippen LogP contribution in [0.1, 0.15) is 11.1 Å². The van der Waals surface area contributed by atoms with Crippen LogP contribution in [-0.4, -0.2) is 18.4 Å². The van der Waals surface area contributed by atoms with E-state index in [4.69, 9.17) is 4.74 Å². The van der Waals surface area contributed by atoms with Gasteiger partial charge >= 0.3 is 0 Å². The summed E-state index contributed by atoms with van der Waals surface area (Å²) in [5, 5.41) is 0. The average Bonchev–Trinajstić information content (AvgIpc) is 2.58. The molecule has 2 N–H and O–H groups in total. The summed E-state index contributed by atoms with van der Waals surface area (Å²) in [4.78, 5) is 23.2. The highest BCUT2D eigenvalue weighted by Gasteiger charge is 2.03. The van der Waals surface area contributed by atoms with Gasteiger partial charge in [0.25, 0.3) is 11.8 Å². The Morgan fingerprint density at radius 2 is 1.70 bits per heavy atom. The molecule has 23 heavy (non-hydrogen) atoms. The number of hydrazine groups is 1. The van der Waals surface area contributed by atoms with Crippen molar-refractivity contribution in [2.75, 3.05) is 6.61 Å². The number of nitrogens with one attached hydrogen (secondary N) is 2. The third-order valence-electron chi connectivity index (χ3n) is 2.94. The molecule has 0 aliphatic rings. The molecule has 0 saturated carbocycles. The SMILES string of the molecule is Cc1ccc(OCC(=O)NNC(=O)C=Cc2ccccc2)cc1. The summed E-state index contributed by atoms with van der Waals surface area (Å²) in [6, 6.07) is 16.7. The highest BCUT2D eigenvalue weighted by Crippen LogP contribution is 2.10. The van der Waals surface area contributed by atoms with Crippen molar-refractivity contribution in [3.63, 3.8) is 0 Å². The highest BCUT2D eigenvalue weighted by molar-refractivity contribution is 5.93. The zero-order chi connectivity index (χ0) is 16.5. The number of benzene rings is 2. The predicted molar refractivity (Wildman–Crippen MR) is 88.4 cm³/mol. The molecular formula is C18H18N2O3. The summed E-state index contributed by atoms with van der Waals surface area (Å²) in [6.45, 7) is 1.79. The van der Waals surface area contributed by atoms with Crippen LogP contribution in [0.5, 0.6) is 5.75 Å². The molecule has 5 nitrogen and oxygen atoms in total. The van der Waals surface area contributed by atoms with E-state index < -0.39 is 11.8 Å². The van der Waals surface area contributed by atoms with Crippen molar-refractivity contribution in [3.05, 3.63) is 71.8 Å². The minimum Gasteiger partial charge on any atom is -0.484 e. The summed E-state index contributed by atoms with van der Waals surface area (Å²) in [5.74, 6) is -0.259. The molecule has 0 bridgehead atoms. The molecule has 2 aromatic rings. The number of carbonyl (C=O) groups is 2. The maximum absolute atomic E-state index is 11.6. The van der Waals surface area contributed by atoms with E-state index in [1.807, 2.05) is 49.4 Å². The Hall–Kier alpha value is -3.08. The standard InChI is InChI=1S/C18H18N2O3/c1-14-7-10-16(11-8-14)23-13-18(22)20-19-17(21)12-9-15-5-3-2-4-6-15/h2-12H,13H2,1H3,(H,19,21)(H,20,22). The van der Waals surface area contributed by atoms with E-state index in [2.05, 4.69) is 10.9 Å². The van der Waals surface area contributed by atoms with Gasteiger partial charge in [-0.15, -0.1) is 0 Å². The number of rotatable bonds is 5. The van der Waals surface area contributed by atoms with Gasteiger partial charge in [-0.3, -0.25) is 20.4 Å². The van der Waals surface area contributed by atoms with Crippen molar-refractivity contribution in [2.24, 2.45) is 0 Å². The summed E-state index contributed by atoms with van der Waals surface area (Å²) < 4.78 is 5.30. The Balaban J connectivity index is 1.70. The van der Waals surface area contributed by atoms with Crippen molar-refractivity contribution in [3.8, 4) is 5.75 Å². The maximum Gasteiger partial charge on any atom is 0.276 e. The molecule has 0 aliphatic carbocycles. The summed E-state index contributed by atoms with van der Waals surface area (Å²) in [5.41, 5.74) is 6.59. The molecule has 118 valence electrons. The quantitative estimate of drug-likeness (QED) is 0.657. The normalized spacial score (nSPS) is 10.3. The lowest BCUT2D eigenvalue weighted by Crippen LogP contribution is -2.43. The van der Waals surface area contributed by atoms with Crippen LogP contribution in [0.3, 0.4) is 0 Å². The van der Waals surface area contributed by atoms with Crippen molar-refractivity contribution in [1.82, 2.24) is 10.9 Å². The van der Waals surface area contributed by atoms with Crippen LogP contribution >= 0.6 is 0 Å². The topological polar surface area (TPSA) is 67.4 Å². The second-order valence-corrected chi connectivity index (χ2v) is 4.88. The monoisotopic (exact) mass is 310 g/mol. The molecule has 2 amide bonds. The third-order valence-corrected chi connectivity index (χ3v) is 2.94. The lowest BCUT2D eigenvalue weighted by molar-refractivity contribution is -0.128. The van der Waals surface area contributed by atoms with Crippen LogP contribution in [0.25, 0.3) is 6.08 Å². The first-order valence-corrected chi connectivity index (χ1v) is 7.15. The Morgan fingerprint density at radius 3 is 2.39 bits per heavy atom. The Morgan fingerprint density at radius 1 is 1.00 bits per heavy atom. The van der Waals surface area contributed by atoms with E-state index in [9.17, 15) is 9.59 Å². The van der Waals surface area contributed by atoms with Gasteiger partial charge in [-0.2, -0.15) is 0 Å². The second kappa shape index (κ2) is 8.38. The predicted octanol–water partition coefficient (Wildman–Crippen LogP) is 2.23. The summed E-state index contributed by atoms with van der Waals surface area (Å²) in [7, 11) is 0. The van der Waals surface area contributed by atoms with Gasteiger partial charge < -0.3 is 4.74 Å². The molecule has 0 fully saturated rings. The van der Waals surface area contributed by atoms with Crippen molar-refractivity contribution >= 4 is 17.9 Å². The van der Waals surface area contributed by atoms with Crippen LogP contribution in [0.2, 0.25) is 0 Å². The van der Waals surface area contributed by atoms with Gasteiger partial charge in [-0.25, -0.2) is 0 Å². The summed E-state index contributed by atoms with van der Waals surface area (Å²) in [6.07, 6.45) is 3.00. The van der Waals surface area contributed by atoms with Crippen LogP contribution in [0.15, 0.2) is 60.7 Å². The van der Waals surface area contributed by atoms with Crippen LogP contribution in [-0.2, 0) is 9.59 Å². The number of hydrogen-bond donors (Lipinski definition) is 2. The summed E-state index contributed by atoms with van der Waals surface area (Å²) >= 11 is 0. The largest absolute Gasteiger partial charge is 0.484 e. The van der Waals surface area contributed by atoms with Crippen molar-refractivity contribution < 1.29 is 14.3 Å². The minimum atomic E-state index is -0.438. The molecule has 0 unspecified atom stereocenters. The van der Waals surface area contributed by atoms with Gasteiger partial charge in [0.1, 0.15) is 5.75 Å². The lowest BCUT2D eigenvalue weighted by Gasteiger charge is -2.07. The van der Waals surface area contributed by atoms with Crippen LogP contribution in [0, 0.1) is 6.92 Å². The number of hydrogen-bond acceptors (Lipinski definition) is 3. The van der Waals surface area contributed by atoms with E-state index >= 15 is 0 Å². The van der Waals surface area contributed by atoms with E-state index in [1.165, 1.54) is 6.08 Å². The molecule has 0 aliphatic heterocycles. The average molecular weight is 310 g/mol. The fraction of sp³-hybridized carbons (Fsp3) is 0.111. The number of aryl methyl sites for hydroxylation is 1. The molecule has 0 heterocycles. The zero-order valence-electron chi connectivity index (χ0n) is 12.8. The van der Waals surface area contributed by atoms with Crippen molar-refractivity contribution in [2.45, 2.75) is 6.92 Å². The molecule has 0 spiro atoms.